The predicted octanol–water partition coefficient (Wildman–Crippen LogP) is 1.75. The van der Waals surface area contributed by atoms with E-state index in [1.165, 1.54) is 24.4 Å². The van der Waals surface area contributed by atoms with Gasteiger partial charge < -0.3 is 9.84 Å². The fourth-order valence-corrected chi connectivity index (χ4v) is 3.74. The molecule has 1 heterocycles. The zero-order chi connectivity index (χ0) is 19.4. The van der Waals surface area contributed by atoms with Gasteiger partial charge in [0.25, 0.3) is 15.9 Å². The molecule has 0 aliphatic carbocycles. The van der Waals surface area contributed by atoms with Crippen LogP contribution in [0.2, 0.25) is 0 Å². The first kappa shape index (κ1) is 18.5. The normalized spacial score (nSPS) is 15.1. The van der Waals surface area contributed by atoms with Gasteiger partial charge in [0, 0.05) is 5.56 Å². The maximum Gasteiger partial charge on any atom is 0.292 e. The van der Waals surface area contributed by atoms with Crippen molar-refractivity contribution in [3.63, 3.8) is 0 Å². The Morgan fingerprint density at radius 2 is 1.93 bits per heavy atom. The van der Waals surface area contributed by atoms with Crippen LogP contribution < -0.4 is 14.9 Å². The SMILES string of the molecule is CCOc1ccc(/C=N/NC(=O)C2=C(O)c3ccccc3S(=O)(=O)N2)cc1. The second-order valence-electron chi connectivity index (χ2n) is 5.53. The maximum absolute atomic E-state index is 12.2. The van der Waals surface area contributed by atoms with Crippen molar-refractivity contribution in [2.45, 2.75) is 11.8 Å². The van der Waals surface area contributed by atoms with E-state index >= 15 is 0 Å². The van der Waals surface area contributed by atoms with E-state index in [0.717, 1.165) is 0 Å². The summed E-state index contributed by atoms with van der Waals surface area (Å²) in [6.45, 7) is 2.44. The lowest BCUT2D eigenvalue weighted by Crippen LogP contribution is -2.37. The summed E-state index contributed by atoms with van der Waals surface area (Å²) >= 11 is 0. The van der Waals surface area contributed by atoms with Crippen molar-refractivity contribution in [2.24, 2.45) is 5.10 Å². The Balaban J connectivity index is 1.76. The van der Waals surface area contributed by atoms with E-state index < -0.39 is 27.4 Å². The molecule has 0 bridgehead atoms. The molecule has 0 radical (unpaired) electrons. The van der Waals surface area contributed by atoms with Crippen LogP contribution in [0.3, 0.4) is 0 Å². The van der Waals surface area contributed by atoms with Crippen LogP contribution in [0.5, 0.6) is 5.75 Å². The number of nitrogens with zero attached hydrogens (tertiary/aromatic N) is 1. The average Bonchev–Trinajstić information content (AvgIpc) is 2.66. The number of amides is 1. The van der Waals surface area contributed by atoms with E-state index in [1.54, 1.807) is 30.3 Å². The Hall–Kier alpha value is -3.33. The van der Waals surface area contributed by atoms with Crippen LogP contribution in [-0.2, 0) is 14.8 Å². The molecule has 0 spiro atoms. The van der Waals surface area contributed by atoms with Crippen LogP contribution in [0, 0.1) is 0 Å². The van der Waals surface area contributed by atoms with Crippen LogP contribution >= 0.6 is 0 Å². The number of rotatable bonds is 5. The first-order valence-electron chi connectivity index (χ1n) is 8.04. The molecule has 8 nitrogen and oxygen atoms in total. The Kier molecular flexibility index (Phi) is 5.13. The van der Waals surface area contributed by atoms with Crippen molar-refractivity contribution >= 4 is 27.9 Å². The van der Waals surface area contributed by atoms with E-state index in [0.29, 0.717) is 17.9 Å². The predicted molar refractivity (Wildman–Crippen MR) is 99.7 cm³/mol. The topological polar surface area (TPSA) is 117 Å². The fraction of sp³-hybridized carbons (Fsp3) is 0.111. The van der Waals surface area contributed by atoms with Gasteiger partial charge in [-0.3, -0.25) is 9.52 Å². The molecule has 0 unspecified atom stereocenters. The first-order chi connectivity index (χ1) is 12.9. The average molecular weight is 387 g/mol. The second kappa shape index (κ2) is 7.50. The molecular formula is C18H17N3O5S. The molecule has 0 saturated heterocycles. The number of benzene rings is 2. The van der Waals surface area contributed by atoms with Gasteiger partial charge in [0.15, 0.2) is 11.5 Å². The summed E-state index contributed by atoms with van der Waals surface area (Å²) in [6.07, 6.45) is 1.39. The Morgan fingerprint density at radius 3 is 2.63 bits per heavy atom. The van der Waals surface area contributed by atoms with Crippen molar-refractivity contribution in [2.75, 3.05) is 6.61 Å². The lowest BCUT2D eigenvalue weighted by atomic mass is 10.1. The number of aliphatic hydroxyl groups excluding tert-OH is 1. The molecule has 0 atom stereocenters. The third-order valence-electron chi connectivity index (χ3n) is 3.70. The Morgan fingerprint density at radius 1 is 1.22 bits per heavy atom. The zero-order valence-electron chi connectivity index (χ0n) is 14.3. The van der Waals surface area contributed by atoms with Gasteiger partial charge in [0.05, 0.1) is 17.7 Å². The summed E-state index contributed by atoms with van der Waals surface area (Å²) in [7, 11) is -3.95. The third-order valence-corrected chi connectivity index (χ3v) is 5.11. The highest BCUT2D eigenvalue weighted by Crippen LogP contribution is 2.28. The molecule has 3 rings (SSSR count). The highest BCUT2D eigenvalue weighted by atomic mass is 32.2. The number of carbonyl (C=O) groups is 1. The van der Waals surface area contributed by atoms with Crippen LogP contribution in [0.1, 0.15) is 18.1 Å². The molecule has 0 fully saturated rings. The number of hydrogen-bond acceptors (Lipinski definition) is 6. The minimum absolute atomic E-state index is 0.0527. The van der Waals surface area contributed by atoms with E-state index in [9.17, 15) is 18.3 Å². The highest BCUT2D eigenvalue weighted by Gasteiger charge is 2.32. The van der Waals surface area contributed by atoms with Crippen LogP contribution in [0.25, 0.3) is 5.76 Å². The summed E-state index contributed by atoms with van der Waals surface area (Å²) in [5.74, 6) is -0.633. The lowest BCUT2D eigenvalue weighted by Gasteiger charge is -2.20. The molecule has 2 aromatic carbocycles. The van der Waals surface area contributed by atoms with Gasteiger partial charge in [0.2, 0.25) is 0 Å². The van der Waals surface area contributed by atoms with Crippen molar-refractivity contribution in [1.29, 1.82) is 0 Å². The quantitative estimate of drug-likeness (QED) is 0.534. The smallest absolute Gasteiger partial charge is 0.292 e. The zero-order valence-corrected chi connectivity index (χ0v) is 15.2. The number of carbonyl (C=O) groups excluding carboxylic acids is 1. The number of ether oxygens (including phenoxy) is 1. The monoisotopic (exact) mass is 387 g/mol. The Labute approximate surface area is 156 Å². The van der Waals surface area contributed by atoms with Crippen LogP contribution in [-0.4, -0.2) is 32.3 Å². The number of hydrogen-bond donors (Lipinski definition) is 3. The molecule has 1 amide bonds. The van der Waals surface area contributed by atoms with Gasteiger partial charge in [-0.25, -0.2) is 13.8 Å². The molecule has 9 heteroatoms. The minimum Gasteiger partial charge on any atom is -0.505 e. The van der Waals surface area contributed by atoms with E-state index in [4.69, 9.17) is 4.74 Å². The van der Waals surface area contributed by atoms with Crippen molar-refractivity contribution in [1.82, 2.24) is 10.1 Å². The van der Waals surface area contributed by atoms with Gasteiger partial charge in [-0.1, -0.05) is 12.1 Å². The molecule has 1 aliphatic heterocycles. The number of nitrogens with one attached hydrogen (secondary N) is 2. The largest absolute Gasteiger partial charge is 0.505 e. The second-order valence-corrected chi connectivity index (χ2v) is 7.18. The van der Waals surface area contributed by atoms with Gasteiger partial charge >= 0.3 is 0 Å². The Bertz CT molecular complexity index is 1030. The molecule has 3 N–H and O–H groups in total. The number of hydrazone groups is 1. The molecule has 2 aromatic rings. The van der Waals surface area contributed by atoms with E-state index in [2.05, 4.69) is 15.2 Å². The summed E-state index contributed by atoms with van der Waals surface area (Å²) < 4.78 is 31.9. The van der Waals surface area contributed by atoms with E-state index in [1.807, 2.05) is 6.92 Å². The third kappa shape index (κ3) is 3.93. The number of sulfonamides is 1. The summed E-state index contributed by atoms with van der Waals surface area (Å²) in [6, 6.07) is 12.9. The molecule has 0 saturated carbocycles. The van der Waals surface area contributed by atoms with Crippen molar-refractivity contribution < 1.29 is 23.1 Å². The van der Waals surface area contributed by atoms with Crippen molar-refractivity contribution in [3.8, 4) is 5.75 Å². The molecular weight excluding hydrogens is 370 g/mol. The van der Waals surface area contributed by atoms with Gasteiger partial charge in [-0.2, -0.15) is 5.10 Å². The van der Waals surface area contributed by atoms with Crippen molar-refractivity contribution in [3.05, 3.63) is 65.4 Å². The highest BCUT2D eigenvalue weighted by molar-refractivity contribution is 7.89. The van der Waals surface area contributed by atoms with Crippen LogP contribution in [0.4, 0.5) is 0 Å². The maximum atomic E-state index is 12.2. The fourth-order valence-electron chi connectivity index (χ4n) is 2.46. The number of fused-ring (bicyclic) bond motifs is 1. The summed E-state index contributed by atoms with van der Waals surface area (Å²) in [5, 5.41) is 14.0. The van der Waals surface area contributed by atoms with Gasteiger partial charge in [-0.05, 0) is 48.9 Å². The lowest BCUT2D eigenvalue weighted by molar-refractivity contribution is -0.117. The van der Waals surface area contributed by atoms with Gasteiger partial charge in [0.1, 0.15) is 5.75 Å². The molecule has 140 valence electrons. The number of aliphatic hydroxyl groups is 1. The van der Waals surface area contributed by atoms with E-state index in [-0.39, 0.29) is 10.5 Å². The summed E-state index contributed by atoms with van der Waals surface area (Å²) in [5.41, 5.74) is 2.46. The summed E-state index contributed by atoms with van der Waals surface area (Å²) in [4.78, 5) is 12.1. The minimum atomic E-state index is -3.95. The first-order valence-corrected chi connectivity index (χ1v) is 9.52. The van der Waals surface area contributed by atoms with Gasteiger partial charge in [-0.15, -0.1) is 0 Å². The van der Waals surface area contributed by atoms with Crippen LogP contribution in [0.15, 0.2) is 64.2 Å². The molecule has 0 aromatic heterocycles. The molecule has 1 aliphatic rings. The standard InChI is InChI=1S/C18H17N3O5S/c1-2-26-13-9-7-12(8-10-13)11-19-20-18(23)16-17(22)14-5-3-4-6-15(14)27(24,25)21-16/h3-11,21-22H,2H2,1H3,(H,20,23)/b19-11+. The molecule has 27 heavy (non-hydrogen) atoms.